The van der Waals surface area contributed by atoms with Crippen LogP contribution in [0, 0.1) is 5.92 Å². The quantitative estimate of drug-likeness (QED) is 0.844. The van der Waals surface area contributed by atoms with Crippen LogP contribution in [0.2, 0.25) is 0 Å². The lowest BCUT2D eigenvalue weighted by Gasteiger charge is -2.39. The number of carbonyl (C=O) groups is 2. The van der Waals surface area contributed by atoms with E-state index in [1.54, 1.807) is 24.5 Å². The molecule has 2 atom stereocenters. The number of hydrogen-bond donors (Lipinski definition) is 1. The van der Waals surface area contributed by atoms with Crippen molar-refractivity contribution in [2.45, 2.75) is 38.5 Å². The number of halogens is 3. The lowest BCUT2D eigenvalue weighted by Crippen LogP contribution is -2.46. The molecule has 1 aliphatic rings. The van der Waals surface area contributed by atoms with Gasteiger partial charge in [0.25, 0.3) is 0 Å². The molecule has 2 aromatic rings. The number of nitrogens with zero attached hydrogens (tertiary/aromatic N) is 2. The summed E-state index contributed by atoms with van der Waals surface area (Å²) in [4.78, 5) is 30.2. The molecule has 0 radical (unpaired) electrons. The fourth-order valence-electron chi connectivity index (χ4n) is 3.64. The molecule has 1 fully saturated rings. The summed E-state index contributed by atoms with van der Waals surface area (Å²) < 4.78 is 39.1. The Bertz CT molecular complexity index is 871. The smallest absolute Gasteiger partial charge is 0.352 e. The second kappa shape index (κ2) is 8.63. The molecule has 0 bridgehead atoms. The van der Waals surface area contributed by atoms with Crippen molar-refractivity contribution in [2.24, 2.45) is 5.92 Å². The van der Waals surface area contributed by atoms with Crippen LogP contribution < -0.4 is 5.32 Å². The molecule has 8 heteroatoms. The number of rotatable bonds is 4. The van der Waals surface area contributed by atoms with Crippen molar-refractivity contribution in [3.05, 3.63) is 65.5 Å². The number of amides is 2. The third-order valence-electron chi connectivity index (χ3n) is 5.15. The third-order valence-corrected chi connectivity index (χ3v) is 5.15. The van der Waals surface area contributed by atoms with E-state index in [1.807, 2.05) is 6.07 Å². The largest absolute Gasteiger partial charge is 0.416 e. The van der Waals surface area contributed by atoms with Crippen molar-refractivity contribution in [3.63, 3.8) is 0 Å². The second-order valence-corrected chi connectivity index (χ2v) is 7.16. The Labute approximate surface area is 166 Å². The van der Waals surface area contributed by atoms with Crippen LogP contribution in [0.15, 0.2) is 48.8 Å². The van der Waals surface area contributed by atoms with Crippen molar-refractivity contribution in [1.29, 1.82) is 0 Å². The van der Waals surface area contributed by atoms with Crippen molar-refractivity contribution in [1.82, 2.24) is 15.2 Å². The average Bonchev–Trinajstić information content (AvgIpc) is 2.71. The summed E-state index contributed by atoms with van der Waals surface area (Å²) in [6.07, 6.45) is -0.228. The van der Waals surface area contributed by atoms with Crippen molar-refractivity contribution < 1.29 is 22.8 Å². The molecule has 0 spiro atoms. The first-order valence-corrected chi connectivity index (χ1v) is 9.36. The molecular weight excluding hydrogens is 383 g/mol. The molecule has 2 amide bonds. The van der Waals surface area contributed by atoms with E-state index in [1.165, 1.54) is 17.9 Å². The summed E-state index contributed by atoms with van der Waals surface area (Å²) in [6, 6.07) is 8.20. The van der Waals surface area contributed by atoms with Gasteiger partial charge in [0.2, 0.25) is 11.8 Å². The van der Waals surface area contributed by atoms with Gasteiger partial charge >= 0.3 is 6.18 Å². The van der Waals surface area contributed by atoms with Crippen LogP contribution in [0.3, 0.4) is 0 Å². The van der Waals surface area contributed by atoms with Gasteiger partial charge in [0.05, 0.1) is 17.5 Å². The Morgan fingerprint density at radius 1 is 1.21 bits per heavy atom. The van der Waals surface area contributed by atoms with Gasteiger partial charge in [-0.05, 0) is 42.2 Å². The van der Waals surface area contributed by atoms with Crippen LogP contribution in [-0.2, 0) is 22.3 Å². The average molecular weight is 405 g/mol. The molecule has 1 aliphatic heterocycles. The normalized spacial score (nSPS) is 19.7. The van der Waals surface area contributed by atoms with E-state index >= 15 is 0 Å². The van der Waals surface area contributed by atoms with Gasteiger partial charge in [-0.25, -0.2) is 0 Å². The Balaban J connectivity index is 1.70. The van der Waals surface area contributed by atoms with Gasteiger partial charge in [0.15, 0.2) is 0 Å². The first-order chi connectivity index (χ1) is 13.8. The summed E-state index contributed by atoms with van der Waals surface area (Å²) in [6.45, 7) is 1.88. The molecule has 29 heavy (non-hydrogen) atoms. The maximum absolute atomic E-state index is 13.0. The fourth-order valence-corrected chi connectivity index (χ4v) is 3.64. The molecule has 2 unspecified atom stereocenters. The molecule has 2 heterocycles. The number of benzene rings is 1. The molecule has 5 nitrogen and oxygen atoms in total. The number of pyridine rings is 1. The zero-order valence-electron chi connectivity index (χ0n) is 15.9. The Kier molecular flexibility index (Phi) is 6.20. The number of piperidine rings is 1. The minimum absolute atomic E-state index is 0.176. The summed E-state index contributed by atoms with van der Waals surface area (Å²) in [7, 11) is 0. The first-order valence-electron chi connectivity index (χ1n) is 9.36. The third kappa shape index (κ3) is 5.13. The monoisotopic (exact) mass is 405 g/mol. The van der Waals surface area contributed by atoms with Gasteiger partial charge in [0.1, 0.15) is 0 Å². The standard InChI is InChI=1S/C21H22F3N3O2/c1-14(28)27-13-17(20(29)26-12-15-4-3-9-25-11-15)7-8-19(27)16-5-2-6-18(10-16)21(22,23)24/h2-6,9-11,17,19H,7-8,12-13H2,1H3,(H,26,29). The minimum atomic E-state index is -4.44. The molecule has 3 rings (SSSR count). The molecule has 1 N–H and O–H groups in total. The lowest BCUT2D eigenvalue weighted by atomic mass is 9.87. The summed E-state index contributed by atoms with van der Waals surface area (Å²) in [5, 5.41) is 2.85. The Hall–Kier alpha value is -2.90. The van der Waals surface area contributed by atoms with Crippen LogP contribution >= 0.6 is 0 Å². The molecule has 1 aromatic carbocycles. The number of nitrogens with one attached hydrogen (secondary N) is 1. The highest BCUT2D eigenvalue weighted by atomic mass is 19.4. The predicted octanol–water partition coefficient (Wildman–Crippen LogP) is 3.72. The van der Waals surface area contributed by atoms with E-state index in [0.29, 0.717) is 24.9 Å². The summed E-state index contributed by atoms with van der Waals surface area (Å²) in [5.74, 6) is -0.850. The summed E-state index contributed by atoms with van der Waals surface area (Å²) in [5.41, 5.74) is 0.556. The van der Waals surface area contributed by atoms with Crippen molar-refractivity contribution >= 4 is 11.8 Å². The predicted molar refractivity (Wildman–Crippen MR) is 100 cm³/mol. The van der Waals surface area contributed by atoms with E-state index in [9.17, 15) is 22.8 Å². The fraction of sp³-hybridized carbons (Fsp3) is 0.381. The maximum atomic E-state index is 13.0. The molecule has 0 saturated carbocycles. The molecule has 1 saturated heterocycles. The Morgan fingerprint density at radius 2 is 2.00 bits per heavy atom. The Morgan fingerprint density at radius 3 is 2.66 bits per heavy atom. The van der Waals surface area contributed by atoms with Gasteiger partial charge in [-0.3, -0.25) is 14.6 Å². The topological polar surface area (TPSA) is 62.3 Å². The van der Waals surface area contributed by atoms with Gasteiger partial charge in [0, 0.05) is 32.4 Å². The first kappa shape index (κ1) is 20.8. The van der Waals surface area contributed by atoms with Crippen molar-refractivity contribution in [2.75, 3.05) is 6.54 Å². The van der Waals surface area contributed by atoms with Gasteiger partial charge in [-0.15, -0.1) is 0 Å². The van der Waals surface area contributed by atoms with Crippen LogP contribution in [0.25, 0.3) is 0 Å². The lowest BCUT2D eigenvalue weighted by molar-refractivity contribution is -0.137. The minimum Gasteiger partial charge on any atom is -0.352 e. The molecule has 0 aliphatic carbocycles. The van der Waals surface area contributed by atoms with E-state index in [0.717, 1.165) is 17.7 Å². The number of aromatic nitrogens is 1. The van der Waals surface area contributed by atoms with Gasteiger partial charge in [-0.2, -0.15) is 13.2 Å². The highest BCUT2D eigenvalue weighted by Crippen LogP contribution is 2.36. The molecule has 1 aromatic heterocycles. The van der Waals surface area contributed by atoms with Crippen molar-refractivity contribution in [3.8, 4) is 0 Å². The zero-order valence-corrected chi connectivity index (χ0v) is 15.9. The number of carbonyl (C=O) groups excluding carboxylic acids is 2. The molecule has 154 valence electrons. The van der Waals surface area contributed by atoms with Crippen LogP contribution in [0.5, 0.6) is 0 Å². The van der Waals surface area contributed by atoms with Gasteiger partial charge < -0.3 is 10.2 Å². The van der Waals surface area contributed by atoms with Crippen LogP contribution in [0.4, 0.5) is 13.2 Å². The zero-order chi connectivity index (χ0) is 21.0. The second-order valence-electron chi connectivity index (χ2n) is 7.16. The number of likely N-dealkylation sites (tertiary alicyclic amines) is 1. The number of hydrogen-bond acceptors (Lipinski definition) is 3. The number of alkyl halides is 3. The van der Waals surface area contributed by atoms with E-state index in [4.69, 9.17) is 0 Å². The highest BCUT2D eigenvalue weighted by molar-refractivity contribution is 5.81. The summed E-state index contributed by atoms with van der Waals surface area (Å²) >= 11 is 0. The van der Waals surface area contributed by atoms with E-state index < -0.39 is 23.7 Å². The van der Waals surface area contributed by atoms with E-state index in [2.05, 4.69) is 10.3 Å². The van der Waals surface area contributed by atoms with Crippen LogP contribution in [-0.4, -0.2) is 28.2 Å². The maximum Gasteiger partial charge on any atom is 0.416 e. The highest BCUT2D eigenvalue weighted by Gasteiger charge is 2.36. The van der Waals surface area contributed by atoms with E-state index in [-0.39, 0.29) is 18.4 Å². The molecular formula is C21H22F3N3O2. The SMILES string of the molecule is CC(=O)N1CC(C(=O)NCc2cccnc2)CCC1c1cccc(C(F)(F)F)c1. The van der Waals surface area contributed by atoms with Crippen LogP contribution in [0.1, 0.15) is 42.5 Å². The van der Waals surface area contributed by atoms with Gasteiger partial charge in [-0.1, -0.05) is 18.2 Å².